The van der Waals surface area contributed by atoms with E-state index in [0.29, 0.717) is 23.6 Å². The van der Waals surface area contributed by atoms with Crippen molar-refractivity contribution in [2.75, 3.05) is 17.7 Å². The number of nitriles is 1. The lowest BCUT2D eigenvalue weighted by Gasteiger charge is -2.12. The third-order valence-corrected chi connectivity index (χ3v) is 2.90. The molecule has 4 nitrogen and oxygen atoms in total. The maximum atomic E-state index is 9.23. The van der Waals surface area contributed by atoms with Crippen LogP contribution in [0.25, 0.3) is 0 Å². The summed E-state index contributed by atoms with van der Waals surface area (Å²) in [6.07, 6.45) is 0. The highest BCUT2D eigenvalue weighted by atomic mass is 16.5. The van der Waals surface area contributed by atoms with Crippen LogP contribution in [0.4, 0.5) is 17.1 Å². The molecule has 2 rings (SSSR count). The number of benzene rings is 2. The number of hydrogen-bond donors (Lipinski definition) is 2. The van der Waals surface area contributed by atoms with Crippen LogP contribution in [0.3, 0.4) is 0 Å². The van der Waals surface area contributed by atoms with Crippen LogP contribution in [0.1, 0.15) is 18.1 Å². The maximum Gasteiger partial charge on any atom is 0.123 e. The monoisotopic (exact) mass is 267 g/mol. The number of hydrogen-bond acceptors (Lipinski definition) is 4. The third kappa shape index (κ3) is 3.01. The molecule has 0 amide bonds. The summed E-state index contributed by atoms with van der Waals surface area (Å²) in [6.45, 7) is 4.41. The molecular formula is C16H17N3O. The van der Waals surface area contributed by atoms with Crippen molar-refractivity contribution < 1.29 is 4.74 Å². The van der Waals surface area contributed by atoms with E-state index in [1.165, 1.54) is 0 Å². The van der Waals surface area contributed by atoms with Crippen molar-refractivity contribution in [1.82, 2.24) is 0 Å². The maximum absolute atomic E-state index is 9.23. The van der Waals surface area contributed by atoms with Crippen LogP contribution in [0.15, 0.2) is 36.4 Å². The van der Waals surface area contributed by atoms with Crippen LogP contribution >= 0.6 is 0 Å². The zero-order valence-electron chi connectivity index (χ0n) is 11.6. The number of nitrogens with two attached hydrogens (primary N) is 1. The first-order valence-electron chi connectivity index (χ1n) is 6.44. The summed E-state index contributed by atoms with van der Waals surface area (Å²) in [5.41, 5.74) is 9.61. The highest BCUT2D eigenvalue weighted by Crippen LogP contribution is 2.27. The molecule has 0 aromatic heterocycles. The summed E-state index contributed by atoms with van der Waals surface area (Å²) >= 11 is 0. The summed E-state index contributed by atoms with van der Waals surface area (Å²) in [6, 6.07) is 13.4. The van der Waals surface area contributed by atoms with Gasteiger partial charge in [0.1, 0.15) is 11.8 Å². The molecule has 0 spiro atoms. The van der Waals surface area contributed by atoms with Crippen molar-refractivity contribution in [2.45, 2.75) is 13.8 Å². The number of aryl methyl sites for hydroxylation is 1. The van der Waals surface area contributed by atoms with Gasteiger partial charge in [-0.3, -0.25) is 0 Å². The fourth-order valence-electron chi connectivity index (χ4n) is 2.02. The van der Waals surface area contributed by atoms with E-state index in [2.05, 4.69) is 11.4 Å². The molecule has 0 heterocycles. The Kier molecular flexibility index (Phi) is 4.11. The first-order chi connectivity index (χ1) is 9.63. The molecule has 0 aliphatic heterocycles. The topological polar surface area (TPSA) is 71.1 Å². The van der Waals surface area contributed by atoms with Gasteiger partial charge in [0.2, 0.25) is 0 Å². The molecular weight excluding hydrogens is 250 g/mol. The first kappa shape index (κ1) is 13.8. The molecule has 0 fully saturated rings. The van der Waals surface area contributed by atoms with Crippen LogP contribution < -0.4 is 15.8 Å². The van der Waals surface area contributed by atoms with Crippen LogP contribution in [-0.4, -0.2) is 6.61 Å². The number of nitrogens with zero attached hydrogens (tertiary/aromatic N) is 1. The van der Waals surface area contributed by atoms with Crippen molar-refractivity contribution in [3.05, 3.63) is 47.5 Å². The van der Waals surface area contributed by atoms with Crippen LogP contribution in [-0.2, 0) is 0 Å². The molecule has 2 aromatic carbocycles. The first-order valence-corrected chi connectivity index (χ1v) is 6.44. The average molecular weight is 267 g/mol. The van der Waals surface area contributed by atoms with E-state index in [1.54, 1.807) is 6.07 Å². The van der Waals surface area contributed by atoms with Gasteiger partial charge < -0.3 is 15.8 Å². The molecule has 4 heteroatoms. The largest absolute Gasteiger partial charge is 0.494 e. The highest BCUT2D eigenvalue weighted by molar-refractivity contribution is 5.71. The van der Waals surface area contributed by atoms with Gasteiger partial charge in [-0.15, -0.1) is 0 Å². The van der Waals surface area contributed by atoms with Gasteiger partial charge in [-0.1, -0.05) is 12.1 Å². The van der Waals surface area contributed by atoms with Gasteiger partial charge in [-0.25, -0.2) is 0 Å². The molecule has 2 aromatic rings. The summed E-state index contributed by atoms with van der Waals surface area (Å²) < 4.78 is 5.46. The minimum absolute atomic E-state index is 0.580. The Labute approximate surface area is 118 Å². The molecule has 0 saturated carbocycles. The standard InChI is InChI=1S/C16H17N3O/c1-3-20-14-8-12(18)7-13(9-14)19-16-6-4-5-11(2)15(16)10-17/h4-9,19H,3,18H2,1-2H3. The second-order valence-electron chi connectivity index (χ2n) is 4.46. The van der Waals surface area contributed by atoms with Gasteiger partial charge in [0.15, 0.2) is 0 Å². The molecule has 0 unspecified atom stereocenters. The molecule has 0 bridgehead atoms. The van der Waals surface area contributed by atoms with E-state index in [4.69, 9.17) is 10.5 Å². The minimum atomic E-state index is 0.580. The van der Waals surface area contributed by atoms with Gasteiger partial charge in [0.25, 0.3) is 0 Å². The van der Waals surface area contributed by atoms with E-state index in [9.17, 15) is 5.26 Å². The number of anilines is 3. The summed E-state index contributed by atoms with van der Waals surface area (Å²) in [7, 11) is 0. The van der Waals surface area contributed by atoms with Crippen molar-refractivity contribution >= 4 is 17.1 Å². The normalized spacial score (nSPS) is 9.85. The van der Waals surface area contributed by atoms with Gasteiger partial charge in [0.05, 0.1) is 17.9 Å². The molecule has 102 valence electrons. The lowest BCUT2D eigenvalue weighted by molar-refractivity contribution is 0.340. The Bertz CT molecular complexity index is 659. The predicted molar refractivity (Wildman–Crippen MR) is 81.2 cm³/mol. The van der Waals surface area contributed by atoms with Gasteiger partial charge in [0, 0.05) is 23.5 Å². The van der Waals surface area contributed by atoms with Crippen molar-refractivity contribution in [3.8, 4) is 11.8 Å². The number of nitrogen functional groups attached to an aromatic ring is 1. The number of nitrogens with one attached hydrogen (secondary N) is 1. The summed E-state index contributed by atoms with van der Waals surface area (Å²) in [5.74, 6) is 0.709. The second kappa shape index (κ2) is 5.98. The second-order valence-corrected chi connectivity index (χ2v) is 4.46. The van der Waals surface area contributed by atoms with E-state index in [-0.39, 0.29) is 0 Å². The minimum Gasteiger partial charge on any atom is -0.494 e. The summed E-state index contributed by atoms with van der Waals surface area (Å²) in [5, 5.41) is 12.5. The number of rotatable bonds is 4. The van der Waals surface area contributed by atoms with E-state index in [1.807, 2.05) is 44.2 Å². The molecule has 0 aliphatic carbocycles. The third-order valence-electron chi connectivity index (χ3n) is 2.90. The van der Waals surface area contributed by atoms with E-state index >= 15 is 0 Å². The lowest BCUT2D eigenvalue weighted by Crippen LogP contribution is -1.98. The molecule has 0 saturated heterocycles. The lowest BCUT2D eigenvalue weighted by atomic mass is 10.1. The van der Waals surface area contributed by atoms with E-state index in [0.717, 1.165) is 16.9 Å². The molecule has 0 radical (unpaired) electrons. The summed E-state index contributed by atoms with van der Waals surface area (Å²) in [4.78, 5) is 0. The smallest absolute Gasteiger partial charge is 0.123 e. The Morgan fingerprint density at radius 2 is 2.10 bits per heavy atom. The van der Waals surface area contributed by atoms with Crippen LogP contribution in [0.2, 0.25) is 0 Å². The highest BCUT2D eigenvalue weighted by Gasteiger charge is 2.06. The Morgan fingerprint density at radius 1 is 1.30 bits per heavy atom. The molecule has 20 heavy (non-hydrogen) atoms. The molecule has 3 N–H and O–H groups in total. The zero-order valence-corrected chi connectivity index (χ0v) is 11.6. The van der Waals surface area contributed by atoms with Crippen LogP contribution in [0.5, 0.6) is 5.75 Å². The van der Waals surface area contributed by atoms with Gasteiger partial charge in [-0.2, -0.15) is 5.26 Å². The Morgan fingerprint density at radius 3 is 2.80 bits per heavy atom. The Hall–Kier alpha value is -2.67. The van der Waals surface area contributed by atoms with E-state index < -0.39 is 0 Å². The number of ether oxygens (including phenoxy) is 1. The van der Waals surface area contributed by atoms with Gasteiger partial charge in [-0.05, 0) is 31.5 Å². The fourth-order valence-corrected chi connectivity index (χ4v) is 2.02. The average Bonchev–Trinajstić information content (AvgIpc) is 2.38. The zero-order chi connectivity index (χ0) is 14.5. The van der Waals surface area contributed by atoms with Crippen molar-refractivity contribution in [1.29, 1.82) is 5.26 Å². The predicted octanol–water partition coefficient (Wildman–Crippen LogP) is 3.59. The van der Waals surface area contributed by atoms with Crippen LogP contribution in [0, 0.1) is 18.3 Å². The fraction of sp³-hybridized carbons (Fsp3) is 0.188. The SMILES string of the molecule is CCOc1cc(N)cc(Nc2cccc(C)c2C#N)c1. The quantitative estimate of drug-likeness (QED) is 0.830. The Balaban J connectivity index is 2.35. The molecule has 0 aliphatic rings. The molecule has 0 atom stereocenters. The van der Waals surface area contributed by atoms with Crippen molar-refractivity contribution in [2.24, 2.45) is 0 Å². The van der Waals surface area contributed by atoms with Gasteiger partial charge >= 0.3 is 0 Å². The van der Waals surface area contributed by atoms with Crippen molar-refractivity contribution in [3.63, 3.8) is 0 Å².